The molecular weight excluding hydrogens is 421 g/mol. The number of nitrogens with zero attached hydrogens (tertiary/aromatic N) is 2. The van der Waals surface area contributed by atoms with E-state index in [2.05, 4.69) is 15.3 Å². The predicted molar refractivity (Wildman–Crippen MR) is 113 cm³/mol. The number of hydrogen-bond donors (Lipinski definition) is 2. The molecular formula is C23H23F3N4O2. The van der Waals surface area contributed by atoms with E-state index >= 15 is 0 Å². The number of likely N-dealkylation sites (tertiary alicyclic amines) is 1. The molecule has 2 aromatic carbocycles. The third kappa shape index (κ3) is 4.32. The van der Waals surface area contributed by atoms with Gasteiger partial charge in [-0.2, -0.15) is 13.2 Å². The molecule has 2 heterocycles. The molecule has 2 amide bonds. The van der Waals surface area contributed by atoms with Crippen molar-refractivity contribution in [3.8, 4) is 0 Å². The lowest BCUT2D eigenvalue weighted by atomic mass is 10.0. The Kier molecular flexibility index (Phi) is 5.66. The molecule has 1 unspecified atom stereocenters. The second kappa shape index (κ2) is 8.29. The Morgan fingerprint density at radius 3 is 2.50 bits per heavy atom. The van der Waals surface area contributed by atoms with E-state index in [4.69, 9.17) is 0 Å². The van der Waals surface area contributed by atoms with Crippen molar-refractivity contribution >= 4 is 22.8 Å². The van der Waals surface area contributed by atoms with Crippen molar-refractivity contribution in [3.63, 3.8) is 0 Å². The van der Waals surface area contributed by atoms with Crippen molar-refractivity contribution in [2.45, 2.75) is 38.9 Å². The number of imidazole rings is 1. The summed E-state index contributed by atoms with van der Waals surface area (Å²) in [6.45, 7) is 4.99. The van der Waals surface area contributed by atoms with Crippen LogP contribution in [0.3, 0.4) is 0 Å². The van der Waals surface area contributed by atoms with Crippen LogP contribution < -0.4 is 5.32 Å². The summed E-state index contributed by atoms with van der Waals surface area (Å²) in [5.74, 6) is -0.0386. The fraction of sp³-hybridized carbons (Fsp3) is 0.348. The third-order valence-corrected chi connectivity index (χ3v) is 5.70. The molecule has 1 aliphatic rings. The van der Waals surface area contributed by atoms with E-state index in [1.165, 1.54) is 6.07 Å². The molecule has 2 N–H and O–H groups in total. The minimum Gasteiger partial charge on any atom is -0.342 e. The molecule has 1 saturated heterocycles. The zero-order valence-corrected chi connectivity index (χ0v) is 17.7. The van der Waals surface area contributed by atoms with E-state index in [-0.39, 0.29) is 17.3 Å². The van der Waals surface area contributed by atoms with Gasteiger partial charge in [0.2, 0.25) is 0 Å². The number of carbonyl (C=O) groups excluding carboxylic acids is 2. The highest BCUT2D eigenvalue weighted by molar-refractivity contribution is 5.99. The Bertz CT molecular complexity index is 1180. The first-order valence-corrected chi connectivity index (χ1v) is 10.4. The van der Waals surface area contributed by atoms with Gasteiger partial charge in [0, 0.05) is 24.2 Å². The van der Waals surface area contributed by atoms with Crippen molar-refractivity contribution in [2.24, 2.45) is 0 Å². The van der Waals surface area contributed by atoms with Gasteiger partial charge < -0.3 is 15.2 Å². The molecule has 0 bridgehead atoms. The maximum absolute atomic E-state index is 12.9. The molecule has 9 heteroatoms. The van der Waals surface area contributed by atoms with Crippen LogP contribution in [-0.2, 0) is 6.18 Å². The maximum atomic E-state index is 12.9. The van der Waals surface area contributed by atoms with Crippen LogP contribution in [0.15, 0.2) is 36.4 Å². The van der Waals surface area contributed by atoms with Crippen LogP contribution in [0.1, 0.15) is 63.5 Å². The molecule has 1 aromatic heterocycles. The van der Waals surface area contributed by atoms with Gasteiger partial charge in [-0.3, -0.25) is 9.59 Å². The Balaban J connectivity index is 1.48. The first-order valence-electron chi connectivity index (χ1n) is 10.4. The molecule has 1 fully saturated rings. The highest BCUT2D eigenvalue weighted by atomic mass is 19.4. The van der Waals surface area contributed by atoms with Gasteiger partial charge in [0.25, 0.3) is 11.8 Å². The zero-order chi connectivity index (χ0) is 23.0. The molecule has 3 aromatic rings. The van der Waals surface area contributed by atoms with Gasteiger partial charge in [0.1, 0.15) is 5.82 Å². The number of benzene rings is 2. The monoisotopic (exact) mass is 444 g/mol. The van der Waals surface area contributed by atoms with Crippen molar-refractivity contribution in [2.75, 3.05) is 13.1 Å². The van der Waals surface area contributed by atoms with E-state index in [1.807, 2.05) is 4.90 Å². The average molecular weight is 444 g/mol. The van der Waals surface area contributed by atoms with Crippen molar-refractivity contribution < 1.29 is 22.8 Å². The first-order chi connectivity index (χ1) is 15.1. The lowest BCUT2D eigenvalue weighted by molar-refractivity contribution is -0.137. The smallest absolute Gasteiger partial charge is 0.342 e. The van der Waals surface area contributed by atoms with Crippen LogP contribution in [0.25, 0.3) is 11.0 Å². The van der Waals surface area contributed by atoms with Crippen LogP contribution in [0.4, 0.5) is 13.2 Å². The van der Waals surface area contributed by atoms with E-state index in [0.717, 1.165) is 38.1 Å². The fourth-order valence-corrected chi connectivity index (χ4v) is 3.89. The summed E-state index contributed by atoms with van der Waals surface area (Å²) in [5, 5.41) is 2.80. The van der Waals surface area contributed by atoms with Crippen molar-refractivity contribution in [1.29, 1.82) is 0 Å². The molecule has 4 rings (SSSR count). The number of alkyl halides is 3. The van der Waals surface area contributed by atoms with Crippen LogP contribution in [0.2, 0.25) is 0 Å². The van der Waals surface area contributed by atoms with Gasteiger partial charge >= 0.3 is 6.18 Å². The Morgan fingerprint density at radius 2 is 1.84 bits per heavy atom. The number of nitrogens with one attached hydrogen (secondary N) is 2. The molecule has 1 aliphatic heterocycles. The Morgan fingerprint density at radius 1 is 1.12 bits per heavy atom. The van der Waals surface area contributed by atoms with E-state index in [9.17, 15) is 22.8 Å². The van der Waals surface area contributed by atoms with E-state index < -0.39 is 17.8 Å². The maximum Gasteiger partial charge on any atom is 0.416 e. The van der Waals surface area contributed by atoms with Gasteiger partial charge in [-0.1, -0.05) is 0 Å². The topological polar surface area (TPSA) is 78.1 Å². The standard InChI is InChI=1S/C23H23F3N4O2/c1-13-11-15(5-7-17(13)22(32)30-9-3-4-10-30)21(31)27-14(2)20-28-18-8-6-16(23(24,25)26)12-19(18)29-20/h5-8,11-12,14H,3-4,9-10H2,1-2H3,(H,27,31)(H,28,29). The van der Waals surface area contributed by atoms with E-state index in [1.54, 1.807) is 32.0 Å². The van der Waals surface area contributed by atoms with Crippen LogP contribution >= 0.6 is 0 Å². The molecule has 0 spiro atoms. The molecule has 0 saturated carbocycles. The average Bonchev–Trinajstić information content (AvgIpc) is 3.41. The molecule has 0 aliphatic carbocycles. The quantitative estimate of drug-likeness (QED) is 0.617. The summed E-state index contributed by atoms with van der Waals surface area (Å²) in [5.41, 5.74) is 1.55. The summed E-state index contributed by atoms with van der Waals surface area (Å²) in [6.07, 6.45) is -2.44. The minimum absolute atomic E-state index is 0.0270. The van der Waals surface area contributed by atoms with E-state index in [0.29, 0.717) is 28.0 Å². The predicted octanol–water partition coefficient (Wildman–Crippen LogP) is 4.62. The lowest BCUT2D eigenvalue weighted by Gasteiger charge is -2.17. The molecule has 32 heavy (non-hydrogen) atoms. The van der Waals surface area contributed by atoms with Gasteiger partial charge in [0.15, 0.2) is 0 Å². The largest absolute Gasteiger partial charge is 0.416 e. The summed E-state index contributed by atoms with van der Waals surface area (Å²) >= 11 is 0. The van der Waals surface area contributed by atoms with Crippen LogP contribution in [-0.4, -0.2) is 39.8 Å². The molecule has 168 valence electrons. The second-order valence-corrected chi connectivity index (χ2v) is 8.08. The van der Waals surface area contributed by atoms with Crippen molar-refractivity contribution in [1.82, 2.24) is 20.2 Å². The number of aryl methyl sites for hydroxylation is 1. The van der Waals surface area contributed by atoms with Crippen molar-refractivity contribution in [3.05, 3.63) is 64.5 Å². The number of aromatic nitrogens is 2. The molecule has 1 atom stereocenters. The number of halogens is 3. The highest BCUT2D eigenvalue weighted by Crippen LogP contribution is 2.31. The van der Waals surface area contributed by atoms with Gasteiger partial charge in [-0.25, -0.2) is 4.98 Å². The molecule has 0 radical (unpaired) electrons. The number of fused-ring (bicyclic) bond motifs is 1. The molecule has 6 nitrogen and oxygen atoms in total. The minimum atomic E-state index is -4.44. The number of rotatable bonds is 4. The highest BCUT2D eigenvalue weighted by Gasteiger charge is 2.31. The van der Waals surface area contributed by atoms with Crippen LogP contribution in [0.5, 0.6) is 0 Å². The Hall–Kier alpha value is -3.36. The summed E-state index contributed by atoms with van der Waals surface area (Å²) in [7, 11) is 0. The second-order valence-electron chi connectivity index (χ2n) is 8.08. The summed E-state index contributed by atoms with van der Waals surface area (Å²) in [4.78, 5) is 34.3. The number of amides is 2. The lowest BCUT2D eigenvalue weighted by Crippen LogP contribution is -2.29. The number of aromatic amines is 1. The van der Waals surface area contributed by atoms with Gasteiger partial charge in [-0.05, 0) is 68.7 Å². The van der Waals surface area contributed by atoms with Gasteiger partial charge in [0.05, 0.1) is 22.6 Å². The third-order valence-electron chi connectivity index (χ3n) is 5.70. The summed E-state index contributed by atoms with van der Waals surface area (Å²) < 4.78 is 38.8. The summed E-state index contributed by atoms with van der Waals surface area (Å²) in [6, 6.07) is 7.65. The SMILES string of the molecule is Cc1cc(C(=O)NC(C)c2nc3ccc(C(F)(F)F)cc3[nH]2)ccc1C(=O)N1CCCC1. The Labute approximate surface area is 182 Å². The van der Waals surface area contributed by atoms with Crippen LogP contribution in [0, 0.1) is 6.92 Å². The zero-order valence-electron chi connectivity index (χ0n) is 17.7. The number of H-pyrrole nitrogens is 1. The fourth-order valence-electron chi connectivity index (χ4n) is 3.89. The number of hydrogen-bond acceptors (Lipinski definition) is 3. The normalized spacial score (nSPS) is 15.2. The number of carbonyl (C=O) groups is 2. The first kappa shape index (κ1) is 21.9. The van der Waals surface area contributed by atoms with Gasteiger partial charge in [-0.15, -0.1) is 0 Å².